The van der Waals surface area contributed by atoms with Gasteiger partial charge in [-0.15, -0.1) is 10.2 Å². The number of aryl methyl sites for hydroxylation is 2. The number of phenolic OH excluding ortho intramolecular Hbond substituents is 2. The summed E-state index contributed by atoms with van der Waals surface area (Å²) in [5.41, 5.74) is 2.03. The molecule has 7 nitrogen and oxygen atoms in total. The van der Waals surface area contributed by atoms with Gasteiger partial charge < -0.3 is 15.5 Å². The largest absolute Gasteiger partial charge is 0.508 e. The van der Waals surface area contributed by atoms with Gasteiger partial charge in [0, 0.05) is 11.8 Å². The highest BCUT2D eigenvalue weighted by Crippen LogP contribution is 2.35. The number of hydrogen-bond acceptors (Lipinski definition) is 5. The second-order valence-electron chi connectivity index (χ2n) is 7.11. The number of alkyl halides is 3. The van der Waals surface area contributed by atoms with Crippen LogP contribution in [-0.2, 0) is 6.42 Å². The predicted octanol–water partition coefficient (Wildman–Crippen LogP) is 4.92. The minimum atomic E-state index is -4.63. The van der Waals surface area contributed by atoms with Crippen LogP contribution in [0.15, 0.2) is 36.4 Å². The van der Waals surface area contributed by atoms with Crippen LogP contribution in [-0.4, -0.2) is 43.1 Å². The highest BCUT2D eigenvalue weighted by Gasteiger charge is 2.38. The summed E-state index contributed by atoms with van der Waals surface area (Å²) in [5, 5.41) is 30.0. The molecule has 0 aliphatic carbocycles. The SMILES string of the molecule is CC.CCc1cc(-c2nnc(C(=O)NC(C)C(F)(F)F)n2-c2ccc(C)cc2)c(O)cc1O. The van der Waals surface area contributed by atoms with Crippen molar-refractivity contribution in [3.8, 4) is 28.6 Å². The molecule has 1 unspecified atom stereocenters. The molecule has 1 heterocycles. The normalized spacial score (nSPS) is 12.0. The first-order valence-electron chi connectivity index (χ1n) is 10.5. The summed E-state index contributed by atoms with van der Waals surface area (Å²) in [6.07, 6.45) is -4.17. The van der Waals surface area contributed by atoms with Gasteiger partial charge in [-0.05, 0) is 44.0 Å². The van der Waals surface area contributed by atoms with E-state index in [1.54, 1.807) is 31.2 Å². The molecule has 0 radical (unpaired) electrons. The standard InChI is InChI=1S/C21H21F3N4O3.C2H6/c1-4-13-9-15(17(30)10-16(13)29)18-26-27-19(20(31)25-12(3)21(22,23)24)28(18)14-7-5-11(2)6-8-14;1-2/h5-10,12,29-30H,4H2,1-3H3,(H,25,31);1-2H3. The van der Waals surface area contributed by atoms with E-state index in [-0.39, 0.29) is 28.7 Å². The predicted molar refractivity (Wildman–Crippen MR) is 119 cm³/mol. The maximum Gasteiger partial charge on any atom is 0.408 e. The Kier molecular flexibility index (Phi) is 8.08. The van der Waals surface area contributed by atoms with Crippen molar-refractivity contribution in [2.75, 3.05) is 0 Å². The Labute approximate surface area is 189 Å². The van der Waals surface area contributed by atoms with Crippen LogP contribution >= 0.6 is 0 Å². The molecule has 1 amide bonds. The maximum atomic E-state index is 12.9. The summed E-state index contributed by atoms with van der Waals surface area (Å²) in [7, 11) is 0. The number of aromatic nitrogens is 3. The van der Waals surface area contributed by atoms with E-state index in [0.717, 1.165) is 18.6 Å². The summed E-state index contributed by atoms with van der Waals surface area (Å²) in [6.45, 7) is 8.48. The Balaban J connectivity index is 0.00000187. The molecular weight excluding hydrogens is 437 g/mol. The van der Waals surface area contributed by atoms with Crippen molar-refractivity contribution in [2.24, 2.45) is 0 Å². The zero-order valence-corrected chi connectivity index (χ0v) is 19.0. The van der Waals surface area contributed by atoms with Crippen LogP contribution in [0.2, 0.25) is 0 Å². The first-order chi connectivity index (χ1) is 15.5. The van der Waals surface area contributed by atoms with Gasteiger partial charge in [0.15, 0.2) is 5.82 Å². The topological polar surface area (TPSA) is 100 Å². The van der Waals surface area contributed by atoms with Crippen molar-refractivity contribution in [3.05, 3.63) is 53.3 Å². The molecule has 10 heteroatoms. The van der Waals surface area contributed by atoms with Crippen LogP contribution in [0.5, 0.6) is 11.5 Å². The Hall–Kier alpha value is -3.56. The second kappa shape index (κ2) is 10.4. The summed E-state index contributed by atoms with van der Waals surface area (Å²) < 4.78 is 40.0. The van der Waals surface area contributed by atoms with Gasteiger partial charge in [0.2, 0.25) is 5.82 Å². The Morgan fingerprint density at radius 2 is 1.70 bits per heavy atom. The average Bonchev–Trinajstić information content (AvgIpc) is 3.20. The maximum absolute atomic E-state index is 12.9. The van der Waals surface area contributed by atoms with Crippen LogP contribution in [0.1, 0.15) is 49.4 Å². The first kappa shape index (κ1) is 25.7. The van der Waals surface area contributed by atoms with E-state index in [2.05, 4.69) is 10.2 Å². The number of nitrogens with zero attached hydrogens (tertiary/aromatic N) is 3. The first-order valence-corrected chi connectivity index (χ1v) is 10.5. The van der Waals surface area contributed by atoms with Gasteiger partial charge in [0.1, 0.15) is 17.5 Å². The number of nitrogens with one attached hydrogen (secondary N) is 1. The fourth-order valence-electron chi connectivity index (χ4n) is 2.97. The van der Waals surface area contributed by atoms with Crippen molar-refractivity contribution in [3.63, 3.8) is 0 Å². The van der Waals surface area contributed by atoms with Crippen molar-refractivity contribution < 1.29 is 28.2 Å². The number of benzene rings is 2. The molecule has 0 bridgehead atoms. The number of rotatable bonds is 5. The molecule has 0 fully saturated rings. The molecule has 0 saturated heterocycles. The minimum Gasteiger partial charge on any atom is -0.508 e. The highest BCUT2D eigenvalue weighted by atomic mass is 19.4. The fourth-order valence-corrected chi connectivity index (χ4v) is 2.97. The van der Waals surface area contributed by atoms with E-state index in [9.17, 15) is 28.2 Å². The summed E-state index contributed by atoms with van der Waals surface area (Å²) in [6, 6.07) is 7.38. The fraction of sp³-hybridized carbons (Fsp3) is 0.348. The highest BCUT2D eigenvalue weighted by molar-refractivity contribution is 5.92. The van der Waals surface area contributed by atoms with E-state index in [1.807, 2.05) is 26.1 Å². The van der Waals surface area contributed by atoms with Gasteiger partial charge in [0.05, 0.1) is 5.56 Å². The van der Waals surface area contributed by atoms with E-state index in [1.165, 1.54) is 10.6 Å². The lowest BCUT2D eigenvalue weighted by Gasteiger charge is -2.17. The molecule has 1 atom stereocenters. The van der Waals surface area contributed by atoms with Crippen LogP contribution in [0.25, 0.3) is 17.1 Å². The average molecular weight is 464 g/mol. The van der Waals surface area contributed by atoms with Crippen LogP contribution < -0.4 is 5.32 Å². The van der Waals surface area contributed by atoms with E-state index >= 15 is 0 Å². The lowest BCUT2D eigenvalue weighted by Crippen LogP contribution is -2.43. The number of phenols is 2. The third kappa shape index (κ3) is 5.63. The second-order valence-corrected chi connectivity index (χ2v) is 7.11. The lowest BCUT2D eigenvalue weighted by molar-refractivity contribution is -0.149. The van der Waals surface area contributed by atoms with Gasteiger partial charge in [0.25, 0.3) is 5.91 Å². The molecule has 0 saturated carbocycles. The van der Waals surface area contributed by atoms with Gasteiger partial charge >= 0.3 is 6.18 Å². The Bertz CT molecular complexity index is 1110. The van der Waals surface area contributed by atoms with Crippen molar-refractivity contribution in [1.29, 1.82) is 0 Å². The minimum absolute atomic E-state index is 0.0425. The Morgan fingerprint density at radius 3 is 2.24 bits per heavy atom. The van der Waals surface area contributed by atoms with E-state index < -0.39 is 18.1 Å². The Morgan fingerprint density at radius 1 is 1.09 bits per heavy atom. The molecule has 0 spiro atoms. The monoisotopic (exact) mass is 464 g/mol. The van der Waals surface area contributed by atoms with Crippen molar-refractivity contribution in [1.82, 2.24) is 20.1 Å². The number of carbonyl (C=O) groups is 1. The summed E-state index contributed by atoms with van der Waals surface area (Å²) in [4.78, 5) is 12.6. The summed E-state index contributed by atoms with van der Waals surface area (Å²) >= 11 is 0. The molecule has 1 aromatic heterocycles. The summed E-state index contributed by atoms with van der Waals surface area (Å²) in [5.74, 6) is -1.83. The zero-order valence-electron chi connectivity index (χ0n) is 19.0. The third-order valence-electron chi connectivity index (χ3n) is 4.82. The lowest BCUT2D eigenvalue weighted by atomic mass is 10.1. The molecule has 33 heavy (non-hydrogen) atoms. The van der Waals surface area contributed by atoms with Gasteiger partial charge in [-0.25, -0.2) is 0 Å². The van der Waals surface area contributed by atoms with Crippen LogP contribution in [0, 0.1) is 6.92 Å². The molecule has 2 aromatic carbocycles. The van der Waals surface area contributed by atoms with Gasteiger partial charge in [-0.2, -0.15) is 13.2 Å². The number of hydrogen-bond donors (Lipinski definition) is 3. The quantitative estimate of drug-likeness (QED) is 0.498. The molecular formula is C23H27F3N4O3. The molecule has 0 aliphatic heterocycles. The van der Waals surface area contributed by atoms with Gasteiger partial charge in [-0.1, -0.05) is 38.5 Å². The zero-order chi connectivity index (χ0) is 24.9. The molecule has 3 aromatic rings. The molecule has 3 rings (SSSR count). The number of aromatic hydroxyl groups is 2. The molecule has 3 N–H and O–H groups in total. The third-order valence-corrected chi connectivity index (χ3v) is 4.82. The van der Waals surface area contributed by atoms with E-state index in [4.69, 9.17) is 0 Å². The van der Waals surface area contributed by atoms with Crippen molar-refractivity contribution in [2.45, 2.75) is 53.3 Å². The van der Waals surface area contributed by atoms with Crippen LogP contribution in [0.3, 0.4) is 0 Å². The van der Waals surface area contributed by atoms with Crippen molar-refractivity contribution >= 4 is 5.91 Å². The molecule has 178 valence electrons. The van der Waals surface area contributed by atoms with E-state index in [0.29, 0.717) is 17.7 Å². The smallest absolute Gasteiger partial charge is 0.408 e. The number of amides is 1. The molecule has 0 aliphatic rings. The number of carbonyl (C=O) groups excluding carboxylic acids is 1. The van der Waals surface area contributed by atoms with Gasteiger partial charge in [-0.3, -0.25) is 9.36 Å². The van der Waals surface area contributed by atoms with Crippen LogP contribution in [0.4, 0.5) is 13.2 Å². The number of halogens is 3.